The Balaban J connectivity index is -0.00000000771. The van der Waals surface area contributed by atoms with Crippen LogP contribution < -0.4 is 67.5 Å². The molecule has 0 amide bonds. The van der Waals surface area contributed by atoms with E-state index in [2.05, 4.69) is 0 Å². The smallest absolute Gasteiger partial charge is 0.00461 e. The summed E-state index contributed by atoms with van der Waals surface area (Å²) < 4.78 is 0. The van der Waals surface area contributed by atoms with E-state index >= 15 is 0 Å². The molecule has 0 aliphatic heterocycles. The van der Waals surface area contributed by atoms with Crippen molar-refractivity contribution in [3.63, 3.8) is 0 Å². The third kappa shape index (κ3) is 401. The average molecular weight is 1080 g/mol. The van der Waals surface area contributed by atoms with Gasteiger partial charge in [-0.1, -0.05) is 0 Å². The Hall–Kier alpha value is 4.89. The molecule has 0 bridgehead atoms. The van der Waals surface area contributed by atoms with E-state index in [1.807, 2.05) is 0 Å². The molecule has 12 nitrogen and oxygen atoms in total. The summed E-state index contributed by atoms with van der Waals surface area (Å²) in [7, 11) is 0. The monoisotopic (exact) mass is 1090 g/mol. The summed E-state index contributed by atoms with van der Waals surface area (Å²) in [6, 6.07) is 0. The first-order chi connectivity index (χ1) is 11.5. The molecule has 0 aliphatic carbocycles. The van der Waals surface area contributed by atoms with Gasteiger partial charge in [0.1, 0.15) is 0 Å². The van der Waals surface area contributed by atoms with Crippen molar-refractivity contribution >= 4 is 138 Å². The summed E-state index contributed by atoms with van der Waals surface area (Å²) in [4.78, 5) is 0. The van der Waals surface area contributed by atoms with Crippen LogP contribution in [0.4, 0.5) is 0 Å². The Morgan fingerprint density at radius 3 is 0.382 bits per heavy atom. The van der Waals surface area contributed by atoms with Crippen LogP contribution in [-0.4, -0.2) is 216 Å². The van der Waals surface area contributed by atoms with Gasteiger partial charge in [-0.2, -0.15) is 0 Å². The zero-order chi connectivity index (χ0) is 20.5. The Morgan fingerprint density at radius 2 is 0.382 bits per heavy atom. The van der Waals surface area contributed by atoms with Crippen LogP contribution in [0.5, 0.6) is 0 Å². The molecule has 0 fully saturated rings. The quantitative estimate of drug-likeness (QED) is 0.111. The van der Waals surface area contributed by atoms with Gasteiger partial charge in [0.05, 0.1) is 0 Å². The predicted molar refractivity (Wildman–Crippen MR) is 146 cm³/mol. The minimum atomic E-state index is -0.153. The third-order valence-corrected chi connectivity index (χ3v) is 0.902. The summed E-state index contributed by atoms with van der Waals surface area (Å²) >= 11 is 0. The molecule has 0 aromatic rings. The second-order valence-corrected chi connectivity index (χ2v) is 3.29. The van der Waals surface area contributed by atoms with E-state index in [4.69, 9.17) is 57.3 Å². The maximum Gasteiger partial charge on any atom is 0.00461 e. The SMILES string of the molecule is NCCN.NCCN.NCCN.NCCN.NCC[O-].NCC[O-].[Ge].[Ge].[Se-].[Se-].[Se-].[Se-].[Se].[Se].[V].[V]. The molecule has 0 unspecified atom stereocenters. The first-order valence-electron chi connectivity index (χ1n) is 7.66. The van der Waals surface area contributed by atoms with Crippen molar-refractivity contribution in [1.29, 1.82) is 0 Å². The van der Waals surface area contributed by atoms with Gasteiger partial charge in [0.2, 0.25) is 0 Å². The summed E-state index contributed by atoms with van der Waals surface area (Å²) in [6.45, 7) is 5.00. The molecule has 214 valence electrons. The van der Waals surface area contributed by atoms with Gasteiger partial charge in [-0.25, -0.2) is 0 Å². The molecule has 0 atom stereocenters. The molecule has 0 saturated carbocycles. The van der Waals surface area contributed by atoms with Gasteiger partial charge in [0, 0.05) is 159 Å². The standard InChI is InChI=1S/4C2H8N2.2C2H6NO.2Ge.6Se.2V/c6*3-1-2-4;;;;;;;;;;/h4*1-4H2;2*1-3H2;;;;;;;;;;/q;;;;2*-1;;;;;4*-1;;. The van der Waals surface area contributed by atoms with E-state index in [-0.39, 0.29) is 201 Å². The molecule has 0 spiro atoms. The van der Waals surface area contributed by atoms with Gasteiger partial charge in [-0.05, 0) is 13.1 Å². The van der Waals surface area contributed by atoms with Crippen LogP contribution in [0.25, 0.3) is 0 Å². The first kappa shape index (κ1) is 107. The van der Waals surface area contributed by atoms with Crippen molar-refractivity contribution in [3.05, 3.63) is 0 Å². The fourth-order valence-electron chi connectivity index (χ4n) is 0. The summed E-state index contributed by atoms with van der Waals surface area (Å²) in [5, 5.41) is 18.3. The molecule has 0 heterocycles. The van der Waals surface area contributed by atoms with Crippen LogP contribution in [0.2, 0.25) is 0 Å². The van der Waals surface area contributed by atoms with Crippen molar-refractivity contribution in [3.8, 4) is 0 Å². The zero-order valence-corrected chi connectivity index (χ0v) is 36.7. The van der Waals surface area contributed by atoms with E-state index in [9.17, 15) is 10.2 Å². The van der Waals surface area contributed by atoms with Crippen molar-refractivity contribution in [2.45, 2.75) is 0 Å². The fraction of sp³-hybridized carbons (Fsp3) is 1.00. The Labute approximate surface area is 317 Å². The zero-order valence-electron chi connectivity index (χ0n) is 19.4. The Morgan fingerprint density at radius 1 is 0.324 bits per heavy atom. The summed E-state index contributed by atoms with van der Waals surface area (Å²) in [5.41, 5.74) is 48.7. The van der Waals surface area contributed by atoms with Crippen LogP contribution in [0.15, 0.2) is 0 Å². The Kier molecular flexibility index (Phi) is 566. The summed E-state index contributed by atoms with van der Waals surface area (Å²) in [5.74, 6) is 0. The molecular formula is C12H44Ge2N10O2Se6V2-6. The Bertz CT molecular complexity index is 118. The minimum absolute atomic E-state index is 0. The van der Waals surface area contributed by atoms with Crippen LogP contribution in [-0.2, 0) is 37.1 Å². The minimum Gasteiger partial charge on any atom is -1.00 e. The normalized spacial score (nSPS) is 5.29. The van der Waals surface area contributed by atoms with E-state index in [0.717, 1.165) is 0 Å². The maximum atomic E-state index is 9.17. The molecule has 22 heteroatoms. The van der Waals surface area contributed by atoms with E-state index < -0.39 is 0 Å². The predicted octanol–water partition coefficient (Wildman–Crippen LogP) is -10.8. The van der Waals surface area contributed by atoms with Crippen molar-refractivity contribution < 1.29 is 47.3 Å². The molecule has 20 N–H and O–H groups in total. The van der Waals surface area contributed by atoms with Crippen LogP contribution in [0, 0.1) is 0 Å². The van der Waals surface area contributed by atoms with E-state index in [0.29, 0.717) is 52.4 Å². The molecule has 0 aromatic heterocycles. The molecule has 0 rings (SSSR count). The number of nitrogens with two attached hydrogens (primary N) is 10. The molecule has 0 aromatic carbocycles. The number of rotatable bonds is 6. The molecule has 0 aliphatic rings. The van der Waals surface area contributed by atoms with Gasteiger partial charge in [0.25, 0.3) is 0 Å². The van der Waals surface area contributed by atoms with Gasteiger partial charge >= 0.3 is 0 Å². The van der Waals surface area contributed by atoms with Crippen LogP contribution in [0.1, 0.15) is 0 Å². The topological polar surface area (TPSA) is 306 Å². The molecule has 18 radical (unpaired) electrons. The van der Waals surface area contributed by atoms with Crippen LogP contribution in [0.3, 0.4) is 0 Å². The molecular weight excluding hydrogens is 1040 g/mol. The van der Waals surface area contributed by atoms with Crippen molar-refractivity contribution in [2.24, 2.45) is 57.3 Å². The van der Waals surface area contributed by atoms with E-state index in [1.54, 1.807) is 0 Å². The fourth-order valence-corrected chi connectivity index (χ4v) is 0. The number of hydrogen-bond acceptors (Lipinski definition) is 12. The molecule has 0 saturated heterocycles. The van der Waals surface area contributed by atoms with Gasteiger partial charge in [0.15, 0.2) is 0 Å². The third-order valence-electron chi connectivity index (χ3n) is 0.902. The second-order valence-electron chi connectivity index (χ2n) is 3.29. The van der Waals surface area contributed by atoms with Gasteiger partial charge < -0.3 is 136 Å². The second kappa shape index (κ2) is 181. The number of hydrogen-bond donors (Lipinski definition) is 10. The van der Waals surface area contributed by atoms with Crippen molar-refractivity contribution in [1.82, 2.24) is 0 Å². The van der Waals surface area contributed by atoms with Crippen molar-refractivity contribution in [2.75, 3.05) is 78.7 Å². The van der Waals surface area contributed by atoms with E-state index in [1.165, 1.54) is 0 Å². The maximum absolute atomic E-state index is 9.17. The van der Waals surface area contributed by atoms with Gasteiger partial charge in [-0.3, -0.25) is 0 Å². The summed E-state index contributed by atoms with van der Waals surface area (Å²) in [6.07, 6.45) is 0. The van der Waals surface area contributed by atoms with Gasteiger partial charge in [-0.15, -0.1) is 13.2 Å². The average Bonchev–Trinajstić information content (AvgIpc) is 2.68. The largest absolute Gasteiger partial charge is 1.00 e. The first-order valence-corrected chi connectivity index (χ1v) is 7.66. The van der Waals surface area contributed by atoms with Crippen LogP contribution >= 0.6 is 0 Å². The molecule has 34 heavy (non-hydrogen) atoms.